The van der Waals surface area contributed by atoms with Crippen molar-refractivity contribution in [2.45, 2.75) is 18.9 Å². The van der Waals surface area contributed by atoms with Crippen molar-refractivity contribution in [1.29, 1.82) is 0 Å². The summed E-state index contributed by atoms with van der Waals surface area (Å²) in [6, 6.07) is 14.3. The number of rotatable bonds is 2. The minimum atomic E-state index is 0.331. The number of anilines is 1. The highest BCUT2D eigenvalue weighted by molar-refractivity contribution is 6.31. The standard InChI is InChI=1S/C15H13Cl2N/c16-11-2-1-3-13(8-11)18-15-7-5-10-4-6-12(17)9-14(10)15/h1-4,6,8-9,15,18H,5,7H2/t15-/m1/s1. The van der Waals surface area contributed by atoms with Crippen LogP contribution >= 0.6 is 23.2 Å². The van der Waals surface area contributed by atoms with Crippen LogP contribution in [0.5, 0.6) is 0 Å². The van der Waals surface area contributed by atoms with E-state index in [9.17, 15) is 0 Å². The zero-order valence-electron chi connectivity index (χ0n) is 9.79. The van der Waals surface area contributed by atoms with E-state index in [0.29, 0.717) is 6.04 Å². The highest BCUT2D eigenvalue weighted by Crippen LogP contribution is 2.35. The van der Waals surface area contributed by atoms with Crippen LogP contribution in [0.3, 0.4) is 0 Å². The second-order valence-electron chi connectivity index (χ2n) is 4.59. The molecule has 0 heterocycles. The van der Waals surface area contributed by atoms with E-state index in [1.165, 1.54) is 11.1 Å². The second-order valence-corrected chi connectivity index (χ2v) is 5.46. The third-order valence-electron chi connectivity index (χ3n) is 3.35. The van der Waals surface area contributed by atoms with E-state index in [4.69, 9.17) is 23.2 Å². The van der Waals surface area contributed by atoms with Gasteiger partial charge < -0.3 is 5.32 Å². The van der Waals surface area contributed by atoms with Gasteiger partial charge in [-0.3, -0.25) is 0 Å². The molecule has 0 fully saturated rings. The van der Waals surface area contributed by atoms with E-state index < -0.39 is 0 Å². The Morgan fingerprint density at radius 1 is 1.00 bits per heavy atom. The van der Waals surface area contributed by atoms with Crippen molar-refractivity contribution in [3.8, 4) is 0 Å². The molecule has 0 aromatic heterocycles. The van der Waals surface area contributed by atoms with E-state index in [0.717, 1.165) is 28.6 Å². The van der Waals surface area contributed by atoms with Gasteiger partial charge in [-0.05, 0) is 54.3 Å². The van der Waals surface area contributed by atoms with E-state index in [1.807, 2.05) is 30.3 Å². The number of aryl methyl sites for hydroxylation is 1. The van der Waals surface area contributed by atoms with E-state index in [-0.39, 0.29) is 0 Å². The largest absolute Gasteiger partial charge is 0.378 e. The van der Waals surface area contributed by atoms with E-state index in [2.05, 4.69) is 17.4 Å². The van der Waals surface area contributed by atoms with Crippen molar-refractivity contribution >= 4 is 28.9 Å². The molecule has 3 heteroatoms. The predicted octanol–water partition coefficient (Wildman–Crippen LogP) is 5.09. The van der Waals surface area contributed by atoms with Crippen molar-refractivity contribution in [1.82, 2.24) is 0 Å². The van der Waals surface area contributed by atoms with Crippen LogP contribution in [0.1, 0.15) is 23.6 Å². The van der Waals surface area contributed by atoms with Gasteiger partial charge in [-0.1, -0.05) is 35.3 Å². The monoisotopic (exact) mass is 277 g/mol. The molecule has 0 spiro atoms. The first kappa shape index (κ1) is 11.9. The number of benzene rings is 2. The third-order valence-corrected chi connectivity index (χ3v) is 3.82. The molecule has 18 heavy (non-hydrogen) atoms. The molecule has 0 unspecified atom stereocenters. The van der Waals surface area contributed by atoms with Crippen molar-refractivity contribution in [3.63, 3.8) is 0 Å². The summed E-state index contributed by atoms with van der Waals surface area (Å²) >= 11 is 12.1. The Hall–Kier alpha value is -1.18. The van der Waals surface area contributed by atoms with Gasteiger partial charge in [0.05, 0.1) is 6.04 Å². The van der Waals surface area contributed by atoms with E-state index in [1.54, 1.807) is 0 Å². The van der Waals surface area contributed by atoms with Gasteiger partial charge in [-0.25, -0.2) is 0 Å². The van der Waals surface area contributed by atoms with Crippen LogP contribution in [0.4, 0.5) is 5.69 Å². The molecule has 2 aromatic carbocycles. The van der Waals surface area contributed by atoms with Gasteiger partial charge in [0, 0.05) is 15.7 Å². The van der Waals surface area contributed by atoms with Crippen LogP contribution < -0.4 is 5.32 Å². The van der Waals surface area contributed by atoms with Crippen LogP contribution in [-0.2, 0) is 6.42 Å². The minimum absolute atomic E-state index is 0.331. The molecule has 0 aliphatic heterocycles. The minimum Gasteiger partial charge on any atom is -0.378 e. The maximum absolute atomic E-state index is 6.07. The molecule has 92 valence electrons. The fourth-order valence-corrected chi connectivity index (χ4v) is 2.87. The molecular formula is C15H13Cl2N. The lowest BCUT2D eigenvalue weighted by molar-refractivity contribution is 0.762. The zero-order valence-corrected chi connectivity index (χ0v) is 11.3. The summed E-state index contributed by atoms with van der Waals surface area (Å²) in [5.41, 5.74) is 3.75. The molecule has 1 N–H and O–H groups in total. The Bertz CT molecular complexity index is 580. The molecule has 1 aliphatic carbocycles. The lowest BCUT2D eigenvalue weighted by Crippen LogP contribution is -2.06. The van der Waals surface area contributed by atoms with Gasteiger partial charge in [0.2, 0.25) is 0 Å². The quantitative estimate of drug-likeness (QED) is 0.806. The molecule has 3 rings (SSSR count). The zero-order chi connectivity index (χ0) is 12.5. The van der Waals surface area contributed by atoms with Crippen LogP contribution in [0.2, 0.25) is 10.0 Å². The maximum Gasteiger partial charge on any atom is 0.0520 e. The number of hydrogen-bond acceptors (Lipinski definition) is 1. The first-order valence-corrected chi connectivity index (χ1v) is 6.78. The highest BCUT2D eigenvalue weighted by atomic mass is 35.5. The molecule has 0 bridgehead atoms. The lowest BCUT2D eigenvalue weighted by Gasteiger charge is -2.16. The normalized spacial score (nSPS) is 17.6. The molecule has 1 aliphatic rings. The Kier molecular flexibility index (Phi) is 3.19. The Balaban J connectivity index is 1.86. The van der Waals surface area contributed by atoms with Gasteiger partial charge in [0.15, 0.2) is 0 Å². The molecule has 1 nitrogen and oxygen atoms in total. The van der Waals surface area contributed by atoms with E-state index >= 15 is 0 Å². The Morgan fingerprint density at radius 2 is 1.83 bits per heavy atom. The summed E-state index contributed by atoms with van der Waals surface area (Å²) in [6.07, 6.45) is 2.20. The van der Waals surface area contributed by atoms with Gasteiger partial charge in [-0.15, -0.1) is 0 Å². The van der Waals surface area contributed by atoms with Crippen molar-refractivity contribution < 1.29 is 0 Å². The summed E-state index contributed by atoms with van der Waals surface area (Å²) in [5, 5.41) is 5.08. The van der Waals surface area contributed by atoms with Crippen LogP contribution in [0, 0.1) is 0 Å². The lowest BCUT2D eigenvalue weighted by atomic mass is 10.1. The van der Waals surface area contributed by atoms with Crippen LogP contribution in [0.25, 0.3) is 0 Å². The number of halogens is 2. The molecule has 1 atom stereocenters. The maximum atomic E-state index is 6.07. The number of hydrogen-bond donors (Lipinski definition) is 1. The van der Waals surface area contributed by atoms with Gasteiger partial charge >= 0.3 is 0 Å². The summed E-state index contributed by atoms with van der Waals surface area (Å²) in [4.78, 5) is 0. The smallest absolute Gasteiger partial charge is 0.0520 e. The number of nitrogens with one attached hydrogen (secondary N) is 1. The SMILES string of the molecule is Clc1cccc(N[C@@H]2CCc3ccc(Cl)cc32)c1. The first-order chi connectivity index (χ1) is 8.72. The first-order valence-electron chi connectivity index (χ1n) is 6.03. The molecule has 0 saturated heterocycles. The highest BCUT2D eigenvalue weighted by Gasteiger charge is 2.22. The topological polar surface area (TPSA) is 12.0 Å². The van der Waals surface area contributed by atoms with Crippen molar-refractivity contribution in [2.75, 3.05) is 5.32 Å². The van der Waals surface area contributed by atoms with Gasteiger partial charge in [0.25, 0.3) is 0 Å². The average molecular weight is 278 g/mol. The molecule has 0 radical (unpaired) electrons. The summed E-state index contributed by atoms with van der Waals surface area (Å²) in [7, 11) is 0. The molecule has 0 saturated carbocycles. The van der Waals surface area contributed by atoms with Gasteiger partial charge in [0.1, 0.15) is 0 Å². The fraction of sp³-hybridized carbons (Fsp3) is 0.200. The summed E-state index contributed by atoms with van der Waals surface area (Å²) < 4.78 is 0. The van der Waals surface area contributed by atoms with Gasteiger partial charge in [-0.2, -0.15) is 0 Å². The fourth-order valence-electron chi connectivity index (χ4n) is 2.50. The summed E-state index contributed by atoms with van der Waals surface area (Å²) in [5.74, 6) is 0. The van der Waals surface area contributed by atoms with Crippen molar-refractivity contribution in [3.05, 3.63) is 63.6 Å². The molecule has 2 aromatic rings. The van der Waals surface area contributed by atoms with Crippen LogP contribution in [-0.4, -0.2) is 0 Å². The van der Waals surface area contributed by atoms with Crippen LogP contribution in [0.15, 0.2) is 42.5 Å². The Labute approximate surface area is 117 Å². The number of fused-ring (bicyclic) bond motifs is 1. The van der Waals surface area contributed by atoms with Crippen molar-refractivity contribution in [2.24, 2.45) is 0 Å². The molecule has 0 amide bonds. The average Bonchev–Trinajstić information content (AvgIpc) is 2.72. The summed E-state index contributed by atoms with van der Waals surface area (Å²) in [6.45, 7) is 0. The predicted molar refractivity (Wildman–Crippen MR) is 77.6 cm³/mol. The third kappa shape index (κ3) is 2.33. The second kappa shape index (κ2) is 4.83. The molecular weight excluding hydrogens is 265 g/mol. The Morgan fingerprint density at radius 3 is 2.67 bits per heavy atom.